The summed E-state index contributed by atoms with van der Waals surface area (Å²) < 4.78 is 19.9. The van der Waals surface area contributed by atoms with Gasteiger partial charge in [-0.1, -0.05) is 12.1 Å². The van der Waals surface area contributed by atoms with Gasteiger partial charge in [0.15, 0.2) is 11.3 Å². The van der Waals surface area contributed by atoms with Crippen LogP contribution < -0.4 is 4.90 Å². The SMILES string of the molecule is COC(=O)c1cnc2ccc(N3CCCC3c3cccc(F)c3)nn12. The van der Waals surface area contributed by atoms with Crippen molar-refractivity contribution in [2.45, 2.75) is 18.9 Å². The van der Waals surface area contributed by atoms with Crippen molar-refractivity contribution in [2.75, 3.05) is 18.6 Å². The number of carbonyl (C=O) groups is 1. The number of hydrogen-bond acceptors (Lipinski definition) is 5. The molecule has 1 atom stereocenters. The van der Waals surface area contributed by atoms with Crippen molar-refractivity contribution in [3.05, 3.63) is 59.7 Å². The first kappa shape index (κ1) is 15.6. The normalized spacial score (nSPS) is 17.2. The molecule has 0 saturated carbocycles. The molecule has 4 rings (SSSR count). The van der Waals surface area contributed by atoms with E-state index in [1.165, 1.54) is 23.9 Å². The summed E-state index contributed by atoms with van der Waals surface area (Å²) in [6, 6.07) is 10.4. The van der Waals surface area contributed by atoms with E-state index >= 15 is 0 Å². The van der Waals surface area contributed by atoms with Gasteiger partial charge < -0.3 is 9.64 Å². The van der Waals surface area contributed by atoms with E-state index in [0.717, 1.165) is 30.8 Å². The number of rotatable bonds is 3. The number of methoxy groups -OCH3 is 1. The molecule has 1 aliphatic rings. The zero-order valence-electron chi connectivity index (χ0n) is 13.7. The van der Waals surface area contributed by atoms with Crippen LogP contribution in [-0.4, -0.2) is 34.2 Å². The summed E-state index contributed by atoms with van der Waals surface area (Å²) in [7, 11) is 1.33. The summed E-state index contributed by atoms with van der Waals surface area (Å²) in [5.74, 6) is -0.00184. The van der Waals surface area contributed by atoms with Crippen LogP contribution in [-0.2, 0) is 4.74 Å². The first-order valence-corrected chi connectivity index (χ1v) is 8.12. The molecular weight excluding hydrogens is 323 g/mol. The molecule has 2 aromatic heterocycles. The summed E-state index contributed by atoms with van der Waals surface area (Å²) in [4.78, 5) is 18.2. The third-order valence-corrected chi connectivity index (χ3v) is 4.52. The molecule has 0 amide bonds. The standard InChI is InChI=1S/C18H17FN4O2/c1-25-18(24)15-11-20-16-7-8-17(21-23(15)16)22-9-3-6-14(22)12-4-2-5-13(19)10-12/h2,4-5,7-8,10-11,14H,3,6,9H2,1H3. The quantitative estimate of drug-likeness (QED) is 0.686. The molecule has 0 aliphatic carbocycles. The van der Waals surface area contributed by atoms with E-state index in [2.05, 4.69) is 15.0 Å². The van der Waals surface area contributed by atoms with Crippen molar-refractivity contribution in [1.29, 1.82) is 0 Å². The average Bonchev–Trinajstić information content (AvgIpc) is 3.27. The number of imidazole rings is 1. The Morgan fingerprint density at radius 1 is 1.32 bits per heavy atom. The maximum Gasteiger partial charge on any atom is 0.358 e. The lowest BCUT2D eigenvalue weighted by Crippen LogP contribution is -2.24. The number of esters is 1. The molecule has 1 saturated heterocycles. The second kappa shape index (κ2) is 6.16. The largest absolute Gasteiger partial charge is 0.464 e. The highest BCUT2D eigenvalue weighted by molar-refractivity contribution is 5.88. The molecule has 6 nitrogen and oxygen atoms in total. The lowest BCUT2D eigenvalue weighted by Gasteiger charge is -2.26. The molecule has 0 radical (unpaired) electrons. The molecule has 0 N–H and O–H groups in total. The fourth-order valence-corrected chi connectivity index (χ4v) is 3.36. The van der Waals surface area contributed by atoms with Crippen molar-refractivity contribution < 1.29 is 13.9 Å². The molecule has 128 valence electrons. The van der Waals surface area contributed by atoms with Crippen LogP contribution in [0.4, 0.5) is 10.2 Å². The van der Waals surface area contributed by atoms with Gasteiger partial charge in [0.05, 0.1) is 19.3 Å². The Morgan fingerprint density at radius 2 is 2.20 bits per heavy atom. The highest BCUT2D eigenvalue weighted by Crippen LogP contribution is 2.35. The van der Waals surface area contributed by atoms with Gasteiger partial charge in [-0.2, -0.15) is 0 Å². The zero-order valence-corrected chi connectivity index (χ0v) is 13.7. The molecule has 3 aromatic rings. The van der Waals surface area contributed by atoms with E-state index in [1.807, 2.05) is 18.2 Å². The third kappa shape index (κ3) is 2.71. The fraction of sp³-hybridized carbons (Fsp3) is 0.278. The van der Waals surface area contributed by atoms with Crippen LogP contribution in [0.15, 0.2) is 42.6 Å². The smallest absolute Gasteiger partial charge is 0.358 e. The van der Waals surface area contributed by atoms with E-state index in [-0.39, 0.29) is 17.6 Å². The molecule has 0 spiro atoms. The van der Waals surface area contributed by atoms with E-state index in [9.17, 15) is 9.18 Å². The molecule has 1 fully saturated rings. The zero-order chi connectivity index (χ0) is 17.4. The predicted molar refractivity (Wildman–Crippen MR) is 90.0 cm³/mol. The number of aromatic nitrogens is 3. The fourth-order valence-electron chi connectivity index (χ4n) is 3.36. The van der Waals surface area contributed by atoms with E-state index < -0.39 is 5.97 Å². The number of halogens is 1. The minimum atomic E-state index is -0.486. The molecule has 7 heteroatoms. The lowest BCUT2D eigenvalue weighted by molar-refractivity contribution is 0.0591. The van der Waals surface area contributed by atoms with Gasteiger partial charge in [0.2, 0.25) is 0 Å². The number of fused-ring (bicyclic) bond motifs is 1. The minimum absolute atomic E-state index is 0.0609. The van der Waals surface area contributed by atoms with Gasteiger partial charge >= 0.3 is 5.97 Å². The number of benzene rings is 1. The Bertz CT molecular complexity index is 940. The van der Waals surface area contributed by atoms with Gasteiger partial charge in [-0.05, 0) is 42.7 Å². The van der Waals surface area contributed by atoms with Crippen molar-refractivity contribution in [3.8, 4) is 0 Å². The number of anilines is 1. The maximum absolute atomic E-state index is 13.6. The average molecular weight is 340 g/mol. The molecule has 3 heterocycles. The number of ether oxygens (including phenoxy) is 1. The van der Waals surface area contributed by atoms with Gasteiger partial charge in [0.1, 0.15) is 11.6 Å². The summed E-state index contributed by atoms with van der Waals surface area (Å²) >= 11 is 0. The Morgan fingerprint density at radius 3 is 3.00 bits per heavy atom. The number of carbonyl (C=O) groups excluding carboxylic acids is 1. The van der Waals surface area contributed by atoms with Gasteiger partial charge in [-0.3, -0.25) is 0 Å². The van der Waals surface area contributed by atoms with Crippen molar-refractivity contribution in [1.82, 2.24) is 14.6 Å². The van der Waals surface area contributed by atoms with Gasteiger partial charge in [0.25, 0.3) is 0 Å². The molecule has 25 heavy (non-hydrogen) atoms. The van der Waals surface area contributed by atoms with Gasteiger partial charge in [-0.25, -0.2) is 18.7 Å². The Kier molecular flexibility index (Phi) is 3.83. The van der Waals surface area contributed by atoms with Crippen LogP contribution in [0.1, 0.15) is 34.9 Å². The second-order valence-electron chi connectivity index (χ2n) is 6.00. The summed E-state index contributed by atoms with van der Waals surface area (Å²) in [5.41, 5.74) is 1.78. The first-order chi connectivity index (χ1) is 12.2. The van der Waals surface area contributed by atoms with Crippen LogP contribution in [0.2, 0.25) is 0 Å². The summed E-state index contributed by atoms with van der Waals surface area (Å²) in [5, 5.41) is 4.57. The Balaban J connectivity index is 1.74. The Hall–Kier alpha value is -2.96. The monoisotopic (exact) mass is 340 g/mol. The topological polar surface area (TPSA) is 59.7 Å². The molecule has 1 aromatic carbocycles. The number of nitrogens with zero attached hydrogens (tertiary/aromatic N) is 4. The highest BCUT2D eigenvalue weighted by Gasteiger charge is 2.28. The van der Waals surface area contributed by atoms with Crippen molar-refractivity contribution in [3.63, 3.8) is 0 Å². The van der Waals surface area contributed by atoms with E-state index in [4.69, 9.17) is 4.74 Å². The third-order valence-electron chi connectivity index (χ3n) is 4.52. The molecule has 1 unspecified atom stereocenters. The molecular formula is C18H17FN4O2. The van der Waals surface area contributed by atoms with Crippen LogP contribution in [0.5, 0.6) is 0 Å². The van der Waals surface area contributed by atoms with Crippen molar-refractivity contribution in [2.24, 2.45) is 0 Å². The highest BCUT2D eigenvalue weighted by atomic mass is 19.1. The molecule has 0 bridgehead atoms. The van der Waals surface area contributed by atoms with Gasteiger partial charge in [0, 0.05) is 6.54 Å². The summed E-state index contributed by atoms with van der Waals surface area (Å²) in [6.07, 6.45) is 3.37. The van der Waals surface area contributed by atoms with E-state index in [1.54, 1.807) is 12.1 Å². The minimum Gasteiger partial charge on any atom is -0.464 e. The number of hydrogen-bond donors (Lipinski definition) is 0. The predicted octanol–water partition coefficient (Wildman–Crippen LogP) is 3.00. The summed E-state index contributed by atoms with van der Waals surface area (Å²) in [6.45, 7) is 0.821. The van der Waals surface area contributed by atoms with Crippen LogP contribution in [0.25, 0.3) is 5.65 Å². The van der Waals surface area contributed by atoms with Gasteiger partial charge in [-0.15, -0.1) is 5.10 Å². The van der Waals surface area contributed by atoms with Crippen LogP contribution in [0.3, 0.4) is 0 Å². The second-order valence-corrected chi connectivity index (χ2v) is 6.00. The van der Waals surface area contributed by atoms with Crippen molar-refractivity contribution >= 4 is 17.4 Å². The lowest BCUT2D eigenvalue weighted by atomic mass is 10.0. The van der Waals surface area contributed by atoms with E-state index in [0.29, 0.717) is 5.65 Å². The molecule has 1 aliphatic heterocycles. The van der Waals surface area contributed by atoms with Crippen LogP contribution in [0, 0.1) is 5.82 Å². The first-order valence-electron chi connectivity index (χ1n) is 8.12. The maximum atomic E-state index is 13.6. The van der Waals surface area contributed by atoms with Crippen LogP contribution >= 0.6 is 0 Å². The Labute approximate surface area is 143 Å².